The zero-order valence-electron chi connectivity index (χ0n) is 18.7. The number of amides is 2. The van der Waals surface area contributed by atoms with Crippen molar-refractivity contribution in [1.29, 1.82) is 0 Å². The van der Waals surface area contributed by atoms with E-state index in [9.17, 15) is 22.4 Å². The van der Waals surface area contributed by atoms with Gasteiger partial charge in [-0.05, 0) is 70.5 Å². The molecule has 1 aromatic carbocycles. The highest BCUT2D eigenvalue weighted by atomic mass is 19.4. The molecule has 0 atom stereocenters. The number of hydrogen-bond acceptors (Lipinski definition) is 4. The number of aryl methyl sites for hydroxylation is 1. The minimum Gasteiger partial charge on any atom is -0.388 e. The highest BCUT2D eigenvalue weighted by Crippen LogP contribution is 2.46. The van der Waals surface area contributed by atoms with Gasteiger partial charge in [0.1, 0.15) is 5.82 Å². The Hall–Kier alpha value is -2.88. The standard InChI is InChI=1S/C23H26F4N4O2/c1-15-18(7-8-19(28-15)33-23(25,26)27)31-14-21(29-20(31)32)9-11-22(12-10-21,30(2)3)16-5-4-6-17(24)13-16/h4-8,13H,9-12,14H2,1-3H3,(H,29,32). The van der Waals surface area contributed by atoms with Crippen molar-refractivity contribution in [3.63, 3.8) is 0 Å². The molecule has 2 aromatic rings. The van der Waals surface area contributed by atoms with Crippen molar-refractivity contribution in [2.24, 2.45) is 0 Å². The summed E-state index contributed by atoms with van der Waals surface area (Å²) in [7, 11) is 3.95. The molecule has 10 heteroatoms. The molecule has 178 valence electrons. The van der Waals surface area contributed by atoms with Crippen LogP contribution < -0.4 is 15.0 Å². The summed E-state index contributed by atoms with van der Waals surface area (Å²) >= 11 is 0. The molecule has 1 aliphatic heterocycles. The molecule has 1 saturated carbocycles. The van der Waals surface area contributed by atoms with Gasteiger partial charge in [0.15, 0.2) is 0 Å². The van der Waals surface area contributed by atoms with Crippen LogP contribution in [0.3, 0.4) is 0 Å². The van der Waals surface area contributed by atoms with Gasteiger partial charge in [-0.2, -0.15) is 0 Å². The second-order valence-electron chi connectivity index (χ2n) is 9.03. The van der Waals surface area contributed by atoms with E-state index < -0.39 is 17.8 Å². The number of nitrogens with zero attached hydrogens (tertiary/aromatic N) is 3. The molecule has 2 aliphatic rings. The van der Waals surface area contributed by atoms with E-state index in [-0.39, 0.29) is 23.1 Å². The summed E-state index contributed by atoms with van der Waals surface area (Å²) in [5.74, 6) is -0.850. The van der Waals surface area contributed by atoms with Crippen molar-refractivity contribution in [1.82, 2.24) is 15.2 Å². The Morgan fingerprint density at radius 3 is 2.39 bits per heavy atom. The van der Waals surface area contributed by atoms with Gasteiger partial charge in [-0.1, -0.05) is 12.1 Å². The van der Waals surface area contributed by atoms with Gasteiger partial charge in [-0.25, -0.2) is 14.2 Å². The Morgan fingerprint density at radius 2 is 1.82 bits per heavy atom. The molecule has 1 aliphatic carbocycles. The first-order valence-corrected chi connectivity index (χ1v) is 10.7. The zero-order chi connectivity index (χ0) is 24.0. The van der Waals surface area contributed by atoms with Crippen LogP contribution in [0.4, 0.5) is 28.0 Å². The van der Waals surface area contributed by atoms with Crippen LogP contribution in [0.25, 0.3) is 0 Å². The van der Waals surface area contributed by atoms with Gasteiger partial charge >= 0.3 is 12.4 Å². The number of ether oxygens (including phenoxy) is 1. The molecule has 2 fully saturated rings. The quantitative estimate of drug-likeness (QED) is 0.663. The normalized spacial score (nSPS) is 25.6. The average molecular weight is 466 g/mol. The SMILES string of the molecule is Cc1nc(OC(F)(F)F)ccc1N1CC2(CCC(c3cccc(F)c3)(N(C)C)CC2)NC1=O. The van der Waals surface area contributed by atoms with Crippen molar-refractivity contribution in [2.45, 2.75) is 50.0 Å². The van der Waals surface area contributed by atoms with Crippen LogP contribution in [-0.2, 0) is 5.54 Å². The van der Waals surface area contributed by atoms with Gasteiger partial charge in [0, 0.05) is 11.6 Å². The molecule has 1 aromatic heterocycles. The number of rotatable bonds is 4. The van der Waals surface area contributed by atoms with Crippen LogP contribution in [0.2, 0.25) is 0 Å². The van der Waals surface area contributed by atoms with Gasteiger partial charge in [-0.15, -0.1) is 13.2 Å². The maximum atomic E-state index is 13.9. The fourth-order valence-corrected chi connectivity index (χ4v) is 5.09. The summed E-state index contributed by atoms with van der Waals surface area (Å²) in [5.41, 5.74) is 0.788. The first-order valence-electron chi connectivity index (χ1n) is 10.7. The van der Waals surface area contributed by atoms with Crippen LogP contribution in [0, 0.1) is 12.7 Å². The maximum Gasteiger partial charge on any atom is 0.574 e. The molecule has 1 saturated heterocycles. The third kappa shape index (κ3) is 4.48. The molecule has 0 radical (unpaired) electrons. The van der Waals surface area contributed by atoms with Crippen LogP contribution in [0.5, 0.6) is 5.88 Å². The number of urea groups is 1. The number of hydrogen-bond donors (Lipinski definition) is 1. The summed E-state index contributed by atoms with van der Waals surface area (Å²) in [6, 6.07) is 8.84. The van der Waals surface area contributed by atoms with Crippen molar-refractivity contribution in [3.8, 4) is 5.88 Å². The number of anilines is 1. The monoisotopic (exact) mass is 466 g/mol. The summed E-state index contributed by atoms with van der Waals surface area (Å²) in [6.07, 6.45) is -2.06. The minimum atomic E-state index is -4.83. The Kier molecular flexibility index (Phi) is 5.76. The highest BCUT2D eigenvalue weighted by molar-refractivity contribution is 5.95. The molecule has 4 rings (SSSR count). The van der Waals surface area contributed by atoms with Gasteiger partial charge in [-0.3, -0.25) is 9.80 Å². The molecular formula is C23H26F4N4O2. The topological polar surface area (TPSA) is 57.7 Å². The van der Waals surface area contributed by atoms with E-state index in [1.165, 1.54) is 17.0 Å². The maximum absolute atomic E-state index is 13.9. The second-order valence-corrected chi connectivity index (χ2v) is 9.03. The van der Waals surface area contributed by atoms with E-state index in [2.05, 4.69) is 19.9 Å². The first kappa shape index (κ1) is 23.3. The van der Waals surface area contributed by atoms with Crippen LogP contribution in [0.15, 0.2) is 36.4 Å². The van der Waals surface area contributed by atoms with Crippen molar-refractivity contribution >= 4 is 11.7 Å². The van der Waals surface area contributed by atoms with E-state index in [0.29, 0.717) is 37.9 Å². The predicted molar refractivity (Wildman–Crippen MR) is 114 cm³/mol. The smallest absolute Gasteiger partial charge is 0.388 e. The van der Waals surface area contributed by atoms with Gasteiger partial charge < -0.3 is 10.1 Å². The van der Waals surface area contributed by atoms with Crippen LogP contribution in [0.1, 0.15) is 36.9 Å². The number of aromatic nitrogens is 1. The van der Waals surface area contributed by atoms with Crippen LogP contribution >= 0.6 is 0 Å². The van der Waals surface area contributed by atoms with Gasteiger partial charge in [0.05, 0.1) is 23.5 Å². The molecule has 33 heavy (non-hydrogen) atoms. The lowest BCUT2D eigenvalue weighted by Crippen LogP contribution is -2.54. The Balaban J connectivity index is 1.53. The lowest BCUT2D eigenvalue weighted by Gasteiger charge is -2.48. The number of alkyl halides is 3. The van der Waals surface area contributed by atoms with E-state index in [4.69, 9.17) is 0 Å². The fraction of sp³-hybridized carbons (Fsp3) is 0.478. The molecule has 0 bridgehead atoms. The van der Waals surface area contributed by atoms with Crippen LogP contribution in [-0.4, -0.2) is 48.5 Å². The van der Waals surface area contributed by atoms with E-state index >= 15 is 0 Å². The van der Waals surface area contributed by atoms with Gasteiger partial charge in [0.25, 0.3) is 0 Å². The first-order chi connectivity index (χ1) is 15.4. The molecule has 2 heterocycles. The zero-order valence-corrected chi connectivity index (χ0v) is 18.7. The van der Waals surface area contributed by atoms with E-state index in [0.717, 1.165) is 11.6 Å². The second kappa shape index (κ2) is 8.16. The molecular weight excluding hydrogens is 440 g/mol. The molecule has 6 nitrogen and oxygen atoms in total. The van der Waals surface area contributed by atoms with Gasteiger partial charge in [0.2, 0.25) is 5.88 Å². The minimum absolute atomic E-state index is 0.266. The summed E-state index contributed by atoms with van der Waals surface area (Å²) < 4.78 is 55.2. The van der Waals surface area contributed by atoms with Crippen molar-refractivity contribution < 1.29 is 27.1 Å². The lowest BCUT2D eigenvalue weighted by molar-refractivity contribution is -0.276. The number of nitrogens with one attached hydrogen (secondary N) is 1. The number of halogens is 4. The summed E-state index contributed by atoms with van der Waals surface area (Å²) in [4.78, 5) is 20.3. The summed E-state index contributed by atoms with van der Waals surface area (Å²) in [5, 5.41) is 3.09. The predicted octanol–water partition coefficient (Wildman–Crippen LogP) is 4.73. The Bertz CT molecular complexity index is 1050. The molecule has 1 spiro atoms. The number of pyridine rings is 1. The largest absolute Gasteiger partial charge is 0.574 e. The molecule has 0 unspecified atom stereocenters. The van der Waals surface area contributed by atoms with E-state index in [1.807, 2.05) is 20.2 Å². The molecule has 1 N–H and O–H groups in total. The lowest BCUT2D eigenvalue weighted by atomic mass is 9.69. The van der Waals surface area contributed by atoms with Crippen molar-refractivity contribution in [3.05, 3.63) is 53.5 Å². The third-order valence-electron chi connectivity index (χ3n) is 6.87. The highest BCUT2D eigenvalue weighted by Gasteiger charge is 2.50. The van der Waals surface area contributed by atoms with Crippen molar-refractivity contribution in [2.75, 3.05) is 25.5 Å². The number of carbonyl (C=O) groups is 1. The molecule has 2 amide bonds. The number of carbonyl (C=O) groups excluding carboxylic acids is 1. The van der Waals surface area contributed by atoms with E-state index in [1.54, 1.807) is 19.1 Å². The number of benzene rings is 1. The Labute approximate surface area is 189 Å². The average Bonchev–Trinajstić information content (AvgIpc) is 3.03. The third-order valence-corrected chi connectivity index (χ3v) is 6.87. The fourth-order valence-electron chi connectivity index (χ4n) is 5.09. The Morgan fingerprint density at radius 1 is 1.12 bits per heavy atom. The summed E-state index contributed by atoms with van der Waals surface area (Å²) in [6.45, 7) is 1.92.